The molecule has 0 atom stereocenters. The van der Waals surface area contributed by atoms with Gasteiger partial charge in [0.2, 0.25) is 0 Å². The van der Waals surface area contributed by atoms with Gasteiger partial charge in [0.1, 0.15) is 11.6 Å². The molecular formula is C24H23F3N4O2. The molecule has 2 N–H and O–H groups in total. The minimum atomic E-state index is -4.40. The first-order chi connectivity index (χ1) is 15.8. The highest BCUT2D eigenvalue weighted by Crippen LogP contribution is 2.35. The van der Waals surface area contributed by atoms with Crippen LogP contribution in [0.15, 0.2) is 54.6 Å². The first-order valence-electron chi connectivity index (χ1n) is 10.5. The van der Waals surface area contributed by atoms with E-state index in [1.54, 1.807) is 29.2 Å². The van der Waals surface area contributed by atoms with Crippen LogP contribution in [0.5, 0.6) is 5.75 Å². The topological polar surface area (TPSA) is 81.3 Å². The number of anilines is 1. The number of methoxy groups -OCH3 is 1. The van der Waals surface area contributed by atoms with E-state index in [-0.39, 0.29) is 11.8 Å². The molecule has 1 amide bonds. The molecule has 1 aliphatic rings. The highest BCUT2D eigenvalue weighted by Gasteiger charge is 2.30. The van der Waals surface area contributed by atoms with Gasteiger partial charge in [-0.2, -0.15) is 18.3 Å². The van der Waals surface area contributed by atoms with E-state index in [0.29, 0.717) is 41.3 Å². The third kappa shape index (κ3) is 4.92. The van der Waals surface area contributed by atoms with Crippen molar-refractivity contribution in [3.8, 4) is 16.9 Å². The Morgan fingerprint density at radius 1 is 1.03 bits per heavy atom. The molecule has 0 saturated carbocycles. The van der Waals surface area contributed by atoms with Crippen molar-refractivity contribution in [1.29, 1.82) is 0 Å². The Morgan fingerprint density at radius 3 is 2.30 bits per heavy atom. The maximum atomic E-state index is 13.1. The number of piperidine rings is 1. The summed E-state index contributed by atoms with van der Waals surface area (Å²) in [6.07, 6.45) is -2.86. The van der Waals surface area contributed by atoms with E-state index in [1.807, 2.05) is 6.07 Å². The molecule has 4 rings (SSSR count). The summed E-state index contributed by atoms with van der Waals surface area (Å²) < 4.78 is 44.0. The number of carbonyl (C=O) groups is 1. The zero-order valence-electron chi connectivity index (χ0n) is 18.0. The predicted octanol–water partition coefficient (Wildman–Crippen LogP) is 4.77. The van der Waals surface area contributed by atoms with Crippen molar-refractivity contribution in [2.75, 3.05) is 25.9 Å². The van der Waals surface area contributed by atoms with Crippen LogP contribution in [0.25, 0.3) is 11.1 Å². The number of rotatable bonds is 4. The third-order valence-corrected chi connectivity index (χ3v) is 5.88. The largest absolute Gasteiger partial charge is 0.496 e. The number of nitrogens with zero attached hydrogens (tertiary/aromatic N) is 3. The molecule has 0 unspecified atom stereocenters. The number of amides is 1. The fraction of sp³-hybridized carbons (Fsp3) is 0.292. The number of nitrogens with two attached hydrogens (primary N) is 1. The SMILES string of the molecule is COc1cc(C(=O)N2CCC(c3ccc(N)nn3)CC2)ccc1-c1ccc(C(F)(F)F)cc1. The fourth-order valence-corrected chi connectivity index (χ4v) is 4.03. The Morgan fingerprint density at radius 2 is 1.73 bits per heavy atom. The summed E-state index contributed by atoms with van der Waals surface area (Å²) in [6.45, 7) is 1.16. The summed E-state index contributed by atoms with van der Waals surface area (Å²) >= 11 is 0. The summed E-state index contributed by atoms with van der Waals surface area (Å²) in [7, 11) is 1.47. The predicted molar refractivity (Wildman–Crippen MR) is 118 cm³/mol. The van der Waals surface area contributed by atoms with Gasteiger partial charge >= 0.3 is 6.18 Å². The van der Waals surface area contributed by atoms with Crippen molar-refractivity contribution in [2.45, 2.75) is 24.9 Å². The molecule has 2 aromatic carbocycles. The maximum absolute atomic E-state index is 13.1. The van der Waals surface area contributed by atoms with Crippen molar-refractivity contribution in [1.82, 2.24) is 15.1 Å². The molecule has 0 radical (unpaired) electrons. The minimum Gasteiger partial charge on any atom is -0.496 e. The van der Waals surface area contributed by atoms with Crippen LogP contribution in [0.1, 0.15) is 40.4 Å². The molecule has 2 heterocycles. The van der Waals surface area contributed by atoms with Crippen LogP contribution < -0.4 is 10.5 Å². The number of hydrogen-bond donors (Lipinski definition) is 1. The minimum absolute atomic E-state index is 0.117. The molecule has 33 heavy (non-hydrogen) atoms. The summed E-state index contributed by atoms with van der Waals surface area (Å²) in [6, 6.07) is 13.5. The molecular weight excluding hydrogens is 433 g/mol. The highest BCUT2D eigenvalue weighted by atomic mass is 19.4. The van der Waals surface area contributed by atoms with E-state index >= 15 is 0 Å². The van der Waals surface area contributed by atoms with Gasteiger partial charge in [0, 0.05) is 30.1 Å². The first kappa shape index (κ1) is 22.6. The molecule has 172 valence electrons. The third-order valence-electron chi connectivity index (χ3n) is 5.88. The standard InChI is InChI=1S/C24H23F3N4O2/c1-33-21-14-17(4-7-19(21)15-2-5-18(6-3-15)24(25,26)27)23(32)31-12-10-16(11-13-31)20-8-9-22(28)30-29-20/h2-9,14,16H,10-13H2,1H3,(H2,28,30). The number of ether oxygens (including phenoxy) is 1. The number of likely N-dealkylation sites (tertiary alicyclic amines) is 1. The van der Waals surface area contributed by atoms with Crippen LogP contribution in [0.2, 0.25) is 0 Å². The lowest BCUT2D eigenvalue weighted by molar-refractivity contribution is -0.137. The summed E-state index contributed by atoms with van der Waals surface area (Å²) in [5, 5.41) is 8.06. The Balaban J connectivity index is 1.47. The van der Waals surface area contributed by atoms with Gasteiger partial charge < -0.3 is 15.4 Å². The highest BCUT2D eigenvalue weighted by molar-refractivity contribution is 5.95. The number of alkyl halides is 3. The quantitative estimate of drug-likeness (QED) is 0.612. The average Bonchev–Trinajstić information content (AvgIpc) is 2.83. The Kier molecular flexibility index (Phi) is 6.22. The summed E-state index contributed by atoms with van der Waals surface area (Å²) in [5.74, 6) is 0.903. The Labute approximate surface area is 189 Å². The van der Waals surface area contributed by atoms with Gasteiger partial charge in [0.15, 0.2) is 0 Å². The van der Waals surface area contributed by atoms with Crippen LogP contribution in [-0.4, -0.2) is 41.2 Å². The molecule has 0 spiro atoms. The van der Waals surface area contributed by atoms with Gasteiger partial charge in [-0.05, 0) is 60.9 Å². The molecule has 1 fully saturated rings. The maximum Gasteiger partial charge on any atom is 0.416 e. The molecule has 3 aromatic rings. The van der Waals surface area contributed by atoms with Crippen LogP contribution in [0, 0.1) is 0 Å². The monoisotopic (exact) mass is 456 g/mol. The lowest BCUT2D eigenvalue weighted by Gasteiger charge is -2.31. The zero-order valence-corrected chi connectivity index (χ0v) is 18.0. The van der Waals surface area contributed by atoms with Crippen LogP contribution >= 0.6 is 0 Å². The lowest BCUT2D eigenvalue weighted by Crippen LogP contribution is -2.38. The summed E-state index contributed by atoms with van der Waals surface area (Å²) in [4.78, 5) is 14.8. The van der Waals surface area contributed by atoms with E-state index in [9.17, 15) is 18.0 Å². The van der Waals surface area contributed by atoms with Gasteiger partial charge in [0.05, 0.1) is 18.4 Å². The second-order valence-corrected chi connectivity index (χ2v) is 7.94. The van der Waals surface area contributed by atoms with Crippen molar-refractivity contribution in [3.05, 3.63) is 71.4 Å². The number of benzene rings is 2. The van der Waals surface area contributed by atoms with Gasteiger partial charge in [-0.25, -0.2) is 0 Å². The number of hydrogen-bond acceptors (Lipinski definition) is 5. The number of halogens is 3. The van der Waals surface area contributed by atoms with E-state index in [0.717, 1.165) is 30.7 Å². The molecule has 1 aromatic heterocycles. The van der Waals surface area contributed by atoms with Crippen molar-refractivity contribution in [2.24, 2.45) is 0 Å². The van der Waals surface area contributed by atoms with Crippen LogP contribution in [-0.2, 0) is 6.18 Å². The molecule has 0 aliphatic carbocycles. The summed E-state index contributed by atoms with van der Waals surface area (Å²) in [5.41, 5.74) is 7.41. The molecule has 9 heteroatoms. The van der Waals surface area contributed by atoms with Gasteiger partial charge in [-0.3, -0.25) is 4.79 Å². The van der Waals surface area contributed by atoms with E-state index < -0.39 is 11.7 Å². The fourth-order valence-electron chi connectivity index (χ4n) is 4.03. The second kappa shape index (κ2) is 9.09. The molecule has 1 saturated heterocycles. The van der Waals surface area contributed by atoms with Crippen molar-refractivity contribution in [3.63, 3.8) is 0 Å². The smallest absolute Gasteiger partial charge is 0.416 e. The zero-order chi connectivity index (χ0) is 23.6. The first-order valence-corrected chi connectivity index (χ1v) is 10.5. The van der Waals surface area contributed by atoms with Crippen LogP contribution in [0.3, 0.4) is 0 Å². The number of aromatic nitrogens is 2. The van der Waals surface area contributed by atoms with Gasteiger partial charge in [-0.1, -0.05) is 12.1 Å². The lowest BCUT2D eigenvalue weighted by atomic mass is 9.93. The number of nitrogen functional groups attached to an aromatic ring is 1. The van der Waals surface area contributed by atoms with Crippen LogP contribution in [0.4, 0.5) is 19.0 Å². The Hall–Kier alpha value is -3.62. The van der Waals surface area contributed by atoms with E-state index in [1.165, 1.54) is 19.2 Å². The number of carbonyl (C=O) groups excluding carboxylic acids is 1. The van der Waals surface area contributed by atoms with Crippen molar-refractivity contribution < 1.29 is 22.7 Å². The van der Waals surface area contributed by atoms with Crippen molar-refractivity contribution >= 4 is 11.7 Å². The Bertz CT molecular complexity index is 1120. The molecule has 1 aliphatic heterocycles. The average molecular weight is 456 g/mol. The normalized spacial score (nSPS) is 14.8. The second-order valence-electron chi connectivity index (χ2n) is 7.94. The van der Waals surface area contributed by atoms with E-state index in [4.69, 9.17) is 10.5 Å². The van der Waals surface area contributed by atoms with E-state index in [2.05, 4.69) is 10.2 Å². The van der Waals surface area contributed by atoms with Gasteiger partial charge in [0.25, 0.3) is 5.91 Å². The molecule has 0 bridgehead atoms. The van der Waals surface area contributed by atoms with Gasteiger partial charge in [-0.15, -0.1) is 5.10 Å². The molecule has 6 nitrogen and oxygen atoms in total.